The first-order chi connectivity index (χ1) is 17.0. The second-order valence-electron chi connectivity index (χ2n) is 8.21. The van der Waals surface area contributed by atoms with E-state index in [1.165, 1.54) is 10.7 Å². The van der Waals surface area contributed by atoms with Crippen LogP contribution in [0.1, 0.15) is 44.1 Å². The zero-order valence-corrected chi connectivity index (χ0v) is 18.6. The zero-order valence-electron chi connectivity index (χ0n) is 18.6. The number of halogens is 2. The standard InChI is InChI=1S/C26H21F2N5O2/c27-21-8-7-19(14-22(21)28)33-23-6-2-5-20(23)24(32-33)26(35)30-15-16-3-1-4-18(13-16)31-25(34)17-9-11-29-12-10-17/h1,3-4,7-14H,2,5-6,15H2,(H,30,35)(H,31,34). The van der Waals surface area contributed by atoms with E-state index in [2.05, 4.69) is 20.7 Å². The van der Waals surface area contributed by atoms with Crippen molar-refractivity contribution in [2.24, 2.45) is 0 Å². The minimum Gasteiger partial charge on any atom is -0.347 e. The summed E-state index contributed by atoms with van der Waals surface area (Å²) in [6.45, 7) is 0.227. The Bertz CT molecular complexity index is 1420. The van der Waals surface area contributed by atoms with Gasteiger partial charge >= 0.3 is 0 Å². The number of amides is 2. The summed E-state index contributed by atoms with van der Waals surface area (Å²) in [5, 5.41) is 10.1. The largest absolute Gasteiger partial charge is 0.347 e. The number of nitrogens with one attached hydrogen (secondary N) is 2. The van der Waals surface area contributed by atoms with E-state index in [4.69, 9.17) is 0 Å². The molecule has 2 aromatic carbocycles. The molecule has 0 radical (unpaired) electrons. The van der Waals surface area contributed by atoms with E-state index in [0.29, 0.717) is 29.8 Å². The third kappa shape index (κ3) is 4.65. The van der Waals surface area contributed by atoms with Gasteiger partial charge in [0.1, 0.15) is 0 Å². The first-order valence-corrected chi connectivity index (χ1v) is 11.1. The van der Waals surface area contributed by atoms with Crippen LogP contribution in [0.2, 0.25) is 0 Å². The number of benzene rings is 2. The molecule has 7 nitrogen and oxygen atoms in total. The molecule has 5 rings (SSSR count). The van der Waals surface area contributed by atoms with E-state index in [1.807, 2.05) is 6.07 Å². The highest BCUT2D eigenvalue weighted by Crippen LogP contribution is 2.28. The molecule has 0 aliphatic heterocycles. The van der Waals surface area contributed by atoms with Gasteiger partial charge in [-0.05, 0) is 61.2 Å². The van der Waals surface area contributed by atoms with Gasteiger partial charge in [0.2, 0.25) is 0 Å². The second kappa shape index (κ2) is 9.46. The number of carbonyl (C=O) groups excluding carboxylic acids is 2. The van der Waals surface area contributed by atoms with Crippen molar-refractivity contribution in [2.75, 3.05) is 5.32 Å². The van der Waals surface area contributed by atoms with Crippen LogP contribution >= 0.6 is 0 Å². The fourth-order valence-corrected chi connectivity index (χ4v) is 4.18. The van der Waals surface area contributed by atoms with Crippen LogP contribution in [-0.4, -0.2) is 26.6 Å². The van der Waals surface area contributed by atoms with Crippen molar-refractivity contribution < 1.29 is 18.4 Å². The van der Waals surface area contributed by atoms with Gasteiger partial charge in [0.15, 0.2) is 17.3 Å². The van der Waals surface area contributed by atoms with Gasteiger partial charge in [-0.3, -0.25) is 14.6 Å². The maximum absolute atomic E-state index is 13.8. The van der Waals surface area contributed by atoms with Crippen molar-refractivity contribution in [2.45, 2.75) is 25.8 Å². The number of rotatable bonds is 6. The molecule has 0 spiro atoms. The molecule has 2 amide bonds. The highest BCUT2D eigenvalue weighted by Gasteiger charge is 2.27. The lowest BCUT2D eigenvalue weighted by molar-refractivity contribution is 0.0943. The molecule has 176 valence electrons. The Kier molecular flexibility index (Phi) is 6.05. The van der Waals surface area contributed by atoms with Gasteiger partial charge in [-0.1, -0.05) is 12.1 Å². The Hall–Kier alpha value is -4.40. The van der Waals surface area contributed by atoms with E-state index >= 15 is 0 Å². The normalized spacial score (nSPS) is 12.3. The summed E-state index contributed by atoms with van der Waals surface area (Å²) in [6.07, 6.45) is 5.35. The van der Waals surface area contributed by atoms with Crippen LogP contribution in [0, 0.1) is 11.6 Å². The predicted molar refractivity (Wildman–Crippen MR) is 125 cm³/mol. The molecule has 35 heavy (non-hydrogen) atoms. The second-order valence-corrected chi connectivity index (χ2v) is 8.21. The van der Waals surface area contributed by atoms with E-state index in [9.17, 15) is 18.4 Å². The molecule has 0 fully saturated rings. The molecule has 2 aromatic heterocycles. The number of anilines is 1. The van der Waals surface area contributed by atoms with Crippen molar-refractivity contribution >= 4 is 17.5 Å². The summed E-state index contributed by atoms with van der Waals surface area (Å²) in [7, 11) is 0. The summed E-state index contributed by atoms with van der Waals surface area (Å²) in [5.41, 5.74) is 4.20. The third-order valence-corrected chi connectivity index (χ3v) is 5.87. The van der Waals surface area contributed by atoms with Crippen LogP contribution in [-0.2, 0) is 19.4 Å². The minimum absolute atomic E-state index is 0.227. The highest BCUT2D eigenvalue weighted by molar-refractivity contribution is 6.04. The van der Waals surface area contributed by atoms with Gasteiger partial charge in [-0.15, -0.1) is 0 Å². The molecule has 2 heterocycles. The first-order valence-electron chi connectivity index (χ1n) is 11.1. The number of pyridine rings is 1. The average Bonchev–Trinajstić information content (AvgIpc) is 3.48. The summed E-state index contributed by atoms with van der Waals surface area (Å²) in [5.74, 6) is -2.51. The minimum atomic E-state index is -0.966. The van der Waals surface area contributed by atoms with Gasteiger partial charge in [0, 0.05) is 47.5 Å². The fourth-order valence-electron chi connectivity index (χ4n) is 4.18. The SMILES string of the molecule is O=C(Nc1cccc(CNC(=O)c2nn(-c3ccc(F)c(F)c3)c3c2CCC3)c1)c1ccncc1. The van der Waals surface area contributed by atoms with Crippen LogP contribution in [0.15, 0.2) is 67.0 Å². The Morgan fingerprint density at radius 1 is 0.943 bits per heavy atom. The topological polar surface area (TPSA) is 88.9 Å². The van der Waals surface area contributed by atoms with Crippen molar-refractivity contribution in [3.63, 3.8) is 0 Å². The van der Waals surface area contributed by atoms with Gasteiger partial charge in [-0.25, -0.2) is 13.5 Å². The molecule has 4 aromatic rings. The van der Waals surface area contributed by atoms with Crippen LogP contribution in [0.5, 0.6) is 0 Å². The van der Waals surface area contributed by atoms with Crippen molar-refractivity contribution in [1.29, 1.82) is 0 Å². The molecule has 2 N–H and O–H groups in total. The van der Waals surface area contributed by atoms with Gasteiger partial charge < -0.3 is 10.6 Å². The van der Waals surface area contributed by atoms with Crippen molar-refractivity contribution in [1.82, 2.24) is 20.1 Å². The van der Waals surface area contributed by atoms with E-state index < -0.39 is 11.6 Å². The number of nitrogens with zero attached hydrogens (tertiary/aromatic N) is 3. The number of hydrogen-bond donors (Lipinski definition) is 2. The monoisotopic (exact) mass is 473 g/mol. The molecule has 1 aliphatic rings. The van der Waals surface area contributed by atoms with Crippen LogP contribution < -0.4 is 10.6 Å². The molecule has 0 atom stereocenters. The van der Waals surface area contributed by atoms with Crippen molar-refractivity contribution in [3.05, 3.63) is 107 Å². The number of hydrogen-bond acceptors (Lipinski definition) is 4. The number of fused-ring (bicyclic) bond motifs is 1. The summed E-state index contributed by atoms with van der Waals surface area (Å²) in [4.78, 5) is 29.3. The Morgan fingerprint density at radius 3 is 2.57 bits per heavy atom. The molecular formula is C26H21F2N5O2. The lowest BCUT2D eigenvalue weighted by atomic mass is 10.1. The molecule has 0 saturated heterocycles. The van der Waals surface area contributed by atoms with E-state index in [1.54, 1.807) is 42.7 Å². The molecule has 0 saturated carbocycles. The maximum atomic E-state index is 13.8. The van der Waals surface area contributed by atoms with Crippen LogP contribution in [0.4, 0.5) is 14.5 Å². The van der Waals surface area contributed by atoms with Crippen LogP contribution in [0.3, 0.4) is 0 Å². The fraction of sp³-hybridized carbons (Fsp3) is 0.154. The Labute approximate surface area is 199 Å². The molecule has 1 aliphatic carbocycles. The first kappa shape index (κ1) is 22.4. The predicted octanol–water partition coefficient (Wildman–Crippen LogP) is 4.22. The van der Waals surface area contributed by atoms with Gasteiger partial charge in [-0.2, -0.15) is 5.10 Å². The molecule has 0 unspecified atom stereocenters. The number of aromatic nitrogens is 3. The van der Waals surface area contributed by atoms with Crippen LogP contribution in [0.25, 0.3) is 5.69 Å². The summed E-state index contributed by atoms with van der Waals surface area (Å²) >= 11 is 0. The average molecular weight is 473 g/mol. The molecule has 9 heteroatoms. The van der Waals surface area contributed by atoms with E-state index in [-0.39, 0.29) is 24.1 Å². The molecular weight excluding hydrogens is 452 g/mol. The third-order valence-electron chi connectivity index (χ3n) is 5.87. The summed E-state index contributed by atoms with van der Waals surface area (Å²) < 4.78 is 28.7. The maximum Gasteiger partial charge on any atom is 0.272 e. The lowest BCUT2D eigenvalue weighted by Gasteiger charge is -2.09. The number of carbonyl (C=O) groups is 2. The zero-order chi connectivity index (χ0) is 24.4. The Balaban J connectivity index is 1.30. The van der Waals surface area contributed by atoms with Crippen molar-refractivity contribution in [3.8, 4) is 5.69 Å². The van der Waals surface area contributed by atoms with Gasteiger partial charge in [0.25, 0.3) is 11.8 Å². The smallest absolute Gasteiger partial charge is 0.272 e. The quantitative estimate of drug-likeness (QED) is 0.439. The van der Waals surface area contributed by atoms with Gasteiger partial charge in [0.05, 0.1) is 5.69 Å². The highest BCUT2D eigenvalue weighted by atomic mass is 19.2. The lowest BCUT2D eigenvalue weighted by Crippen LogP contribution is -2.24. The molecule has 0 bridgehead atoms. The summed E-state index contributed by atoms with van der Waals surface area (Å²) in [6, 6.07) is 14.0. The Morgan fingerprint density at radius 2 is 1.77 bits per heavy atom. The van der Waals surface area contributed by atoms with E-state index in [0.717, 1.165) is 35.4 Å².